The minimum Gasteiger partial charge on any atom is -0.482 e. The van der Waals surface area contributed by atoms with E-state index >= 15 is 0 Å². The van der Waals surface area contributed by atoms with E-state index in [1.54, 1.807) is 41.3 Å². The molecule has 0 aromatic heterocycles. The number of ether oxygens (including phenoxy) is 1. The predicted molar refractivity (Wildman–Crippen MR) is 94.7 cm³/mol. The Morgan fingerprint density at radius 2 is 1.80 bits per heavy atom. The van der Waals surface area contributed by atoms with Crippen LogP contribution in [-0.4, -0.2) is 53.0 Å². The molecule has 0 aliphatic carbocycles. The van der Waals surface area contributed by atoms with Crippen LogP contribution in [0.4, 0.5) is 5.69 Å². The summed E-state index contributed by atoms with van der Waals surface area (Å²) in [6.45, 7) is 1.14. The van der Waals surface area contributed by atoms with Gasteiger partial charge in [0.15, 0.2) is 6.61 Å². The van der Waals surface area contributed by atoms with Gasteiger partial charge in [-0.05, 0) is 38.4 Å². The molecule has 25 heavy (non-hydrogen) atoms. The SMILES string of the molecule is CN(C)CCN1C(=O)COc2cc(S(=O)(=O)c3ccccc3)ccc21. The summed E-state index contributed by atoms with van der Waals surface area (Å²) in [5.41, 5.74) is 0.602. The molecule has 1 aliphatic rings. The van der Waals surface area contributed by atoms with Crippen LogP contribution in [0.15, 0.2) is 58.3 Å². The van der Waals surface area contributed by atoms with Crippen LogP contribution in [0.5, 0.6) is 5.75 Å². The van der Waals surface area contributed by atoms with Crippen LogP contribution in [0.25, 0.3) is 0 Å². The van der Waals surface area contributed by atoms with Gasteiger partial charge < -0.3 is 14.5 Å². The van der Waals surface area contributed by atoms with Gasteiger partial charge in [-0.2, -0.15) is 0 Å². The Morgan fingerprint density at radius 1 is 1.08 bits per heavy atom. The fraction of sp³-hybridized carbons (Fsp3) is 0.278. The molecular formula is C18H20N2O4S. The molecule has 0 unspecified atom stereocenters. The van der Waals surface area contributed by atoms with Crippen molar-refractivity contribution in [2.75, 3.05) is 38.7 Å². The highest BCUT2D eigenvalue weighted by Gasteiger charge is 2.27. The zero-order valence-electron chi connectivity index (χ0n) is 14.2. The lowest BCUT2D eigenvalue weighted by molar-refractivity contribution is -0.121. The summed E-state index contributed by atoms with van der Waals surface area (Å²) in [6, 6.07) is 12.9. The van der Waals surface area contributed by atoms with E-state index < -0.39 is 9.84 Å². The zero-order chi connectivity index (χ0) is 18.0. The summed E-state index contributed by atoms with van der Waals surface area (Å²) in [5.74, 6) is 0.281. The standard InChI is InChI=1S/C18H20N2O4S/c1-19(2)10-11-20-16-9-8-15(12-17(16)24-13-18(20)21)25(22,23)14-6-4-3-5-7-14/h3-9,12H,10-11,13H2,1-2H3. The first kappa shape index (κ1) is 17.4. The number of carbonyl (C=O) groups is 1. The van der Waals surface area contributed by atoms with Crippen LogP contribution < -0.4 is 9.64 Å². The molecular weight excluding hydrogens is 340 g/mol. The van der Waals surface area contributed by atoms with Gasteiger partial charge in [-0.1, -0.05) is 18.2 Å². The van der Waals surface area contributed by atoms with Crippen molar-refractivity contribution in [3.05, 3.63) is 48.5 Å². The first-order chi connectivity index (χ1) is 11.9. The third-order valence-electron chi connectivity index (χ3n) is 4.01. The molecule has 0 spiro atoms. The Balaban J connectivity index is 1.96. The number of amides is 1. The Labute approximate surface area is 147 Å². The molecule has 0 atom stereocenters. The van der Waals surface area contributed by atoms with Crippen LogP contribution in [-0.2, 0) is 14.6 Å². The minimum atomic E-state index is -3.62. The quantitative estimate of drug-likeness (QED) is 0.813. The lowest BCUT2D eigenvalue weighted by atomic mass is 10.2. The molecule has 0 bridgehead atoms. The lowest BCUT2D eigenvalue weighted by Gasteiger charge is -2.30. The molecule has 7 heteroatoms. The number of anilines is 1. The van der Waals surface area contributed by atoms with Gasteiger partial charge in [0.1, 0.15) is 5.75 Å². The number of sulfone groups is 1. The van der Waals surface area contributed by atoms with Crippen molar-refractivity contribution >= 4 is 21.4 Å². The number of fused-ring (bicyclic) bond motifs is 1. The van der Waals surface area contributed by atoms with E-state index in [4.69, 9.17) is 4.74 Å². The van der Waals surface area contributed by atoms with E-state index in [1.807, 2.05) is 19.0 Å². The molecule has 1 aliphatic heterocycles. The van der Waals surface area contributed by atoms with E-state index in [2.05, 4.69) is 0 Å². The first-order valence-electron chi connectivity index (χ1n) is 7.91. The summed E-state index contributed by atoms with van der Waals surface area (Å²) in [6.07, 6.45) is 0. The second-order valence-electron chi connectivity index (χ2n) is 6.08. The van der Waals surface area contributed by atoms with E-state index in [0.29, 0.717) is 24.5 Å². The molecule has 0 fully saturated rings. The van der Waals surface area contributed by atoms with Crippen LogP contribution in [0.2, 0.25) is 0 Å². The lowest BCUT2D eigenvalue weighted by Crippen LogP contribution is -2.42. The van der Waals surface area contributed by atoms with Crippen LogP contribution >= 0.6 is 0 Å². The predicted octanol–water partition coefficient (Wildman–Crippen LogP) is 1.81. The van der Waals surface area contributed by atoms with E-state index in [-0.39, 0.29) is 22.3 Å². The maximum atomic E-state index is 12.7. The summed E-state index contributed by atoms with van der Waals surface area (Å²) in [4.78, 5) is 16.1. The molecule has 0 saturated carbocycles. The Morgan fingerprint density at radius 3 is 2.48 bits per heavy atom. The molecule has 2 aromatic carbocycles. The van der Waals surface area contributed by atoms with Gasteiger partial charge in [0.25, 0.3) is 5.91 Å². The summed E-state index contributed by atoms with van der Waals surface area (Å²) < 4.78 is 31.0. The average Bonchev–Trinajstić information content (AvgIpc) is 2.61. The normalized spacial score (nSPS) is 14.4. The van der Waals surface area contributed by atoms with Crippen LogP contribution in [0.3, 0.4) is 0 Å². The maximum Gasteiger partial charge on any atom is 0.265 e. The second-order valence-corrected chi connectivity index (χ2v) is 8.03. The topological polar surface area (TPSA) is 66.9 Å². The van der Waals surface area contributed by atoms with Gasteiger partial charge in [-0.15, -0.1) is 0 Å². The third kappa shape index (κ3) is 3.52. The van der Waals surface area contributed by atoms with Crippen molar-refractivity contribution in [1.82, 2.24) is 4.90 Å². The molecule has 0 radical (unpaired) electrons. The van der Waals surface area contributed by atoms with Crippen molar-refractivity contribution in [2.45, 2.75) is 9.79 Å². The van der Waals surface area contributed by atoms with Crippen molar-refractivity contribution < 1.29 is 17.9 Å². The highest BCUT2D eigenvalue weighted by atomic mass is 32.2. The van der Waals surface area contributed by atoms with Crippen molar-refractivity contribution in [2.24, 2.45) is 0 Å². The van der Waals surface area contributed by atoms with Gasteiger partial charge in [-0.3, -0.25) is 4.79 Å². The fourth-order valence-electron chi connectivity index (χ4n) is 2.63. The van der Waals surface area contributed by atoms with Crippen molar-refractivity contribution in [3.63, 3.8) is 0 Å². The Hall–Kier alpha value is -2.38. The Kier molecular flexibility index (Phi) is 4.78. The van der Waals surface area contributed by atoms with E-state index in [9.17, 15) is 13.2 Å². The van der Waals surface area contributed by atoms with Gasteiger partial charge in [0.05, 0.1) is 15.5 Å². The van der Waals surface area contributed by atoms with Gasteiger partial charge in [0.2, 0.25) is 9.84 Å². The molecule has 132 valence electrons. The first-order valence-corrected chi connectivity index (χ1v) is 9.40. The molecule has 1 amide bonds. The number of carbonyl (C=O) groups excluding carboxylic acids is 1. The Bertz CT molecular complexity index is 879. The second kappa shape index (κ2) is 6.85. The molecule has 0 saturated heterocycles. The highest BCUT2D eigenvalue weighted by molar-refractivity contribution is 7.91. The monoisotopic (exact) mass is 360 g/mol. The number of hydrogen-bond donors (Lipinski definition) is 0. The van der Waals surface area contributed by atoms with E-state index in [1.165, 1.54) is 12.1 Å². The summed E-state index contributed by atoms with van der Waals surface area (Å²) in [5, 5.41) is 0. The third-order valence-corrected chi connectivity index (χ3v) is 5.78. The summed E-state index contributed by atoms with van der Waals surface area (Å²) >= 11 is 0. The molecule has 1 heterocycles. The number of rotatable bonds is 5. The van der Waals surface area contributed by atoms with Crippen molar-refractivity contribution in [1.29, 1.82) is 0 Å². The smallest absolute Gasteiger partial charge is 0.265 e. The molecule has 6 nitrogen and oxygen atoms in total. The maximum absolute atomic E-state index is 12.7. The number of benzene rings is 2. The largest absolute Gasteiger partial charge is 0.482 e. The van der Waals surface area contributed by atoms with E-state index in [0.717, 1.165) is 0 Å². The minimum absolute atomic E-state index is 0.0880. The summed E-state index contributed by atoms with van der Waals surface area (Å²) in [7, 11) is 0.243. The van der Waals surface area contributed by atoms with Gasteiger partial charge >= 0.3 is 0 Å². The fourth-order valence-corrected chi connectivity index (χ4v) is 3.93. The molecule has 2 aromatic rings. The number of nitrogens with zero attached hydrogens (tertiary/aromatic N) is 2. The molecule has 0 N–H and O–H groups in total. The molecule has 3 rings (SSSR count). The highest BCUT2D eigenvalue weighted by Crippen LogP contribution is 2.35. The zero-order valence-corrected chi connectivity index (χ0v) is 15.0. The number of hydrogen-bond acceptors (Lipinski definition) is 5. The van der Waals surface area contributed by atoms with Crippen LogP contribution in [0.1, 0.15) is 0 Å². The van der Waals surface area contributed by atoms with Gasteiger partial charge in [-0.25, -0.2) is 8.42 Å². The van der Waals surface area contributed by atoms with Crippen LogP contribution in [0, 0.1) is 0 Å². The number of likely N-dealkylation sites (N-methyl/N-ethyl adjacent to an activating group) is 1. The van der Waals surface area contributed by atoms with Gasteiger partial charge in [0, 0.05) is 19.2 Å². The average molecular weight is 360 g/mol. The van der Waals surface area contributed by atoms with Crippen molar-refractivity contribution in [3.8, 4) is 5.75 Å².